The van der Waals surface area contributed by atoms with Gasteiger partial charge in [-0.3, -0.25) is 4.90 Å². The summed E-state index contributed by atoms with van der Waals surface area (Å²) in [6.45, 7) is 5.31. The van der Waals surface area contributed by atoms with Gasteiger partial charge in [0.1, 0.15) is 5.75 Å². The molecule has 2 aromatic carbocycles. The number of nitrogens with zero attached hydrogens (tertiary/aromatic N) is 1. The predicted octanol–water partition coefficient (Wildman–Crippen LogP) is 5.29. The minimum atomic E-state index is 0.387. The van der Waals surface area contributed by atoms with Crippen molar-refractivity contribution < 1.29 is 5.11 Å². The lowest BCUT2D eigenvalue weighted by atomic mass is 9.99. The van der Waals surface area contributed by atoms with E-state index >= 15 is 0 Å². The highest BCUT2D eigenvalue weighted by atomic mass is 16.3. The third-order valence-electron chi connectivity index (χ3n) is 5.69. The van der Waals surface area contributed by atoms with Crippen LogP contribution in [0.5, 0.6) is 5.75 Å². The fourth-order valence-corrected chi connectivity index (χ4v) is 4.01. The summed E-state index contributed by atoms with van der Waals surface area (Å²) in [5, 5.41) is 11.1. The maximum atomic E-state index is 9.98. The summed E-state index contributed by atoms with van der Waals surface area (Å²) >= 11 is 0. The molecular weight excluding hydrogens is 332 g/mol. The molecule has 0 bridgehead atoms. The molecule has 1 aliphatic heterocycles. The van der Waals surface area contributed by atoms with Crippen molar-refractivity contribution in [1.82, 2.24) is 9.88 Å². The molecule has 0 radical (unpaired) electrons. The molecule has 0 aliphatic carbocycles. The third kappa shape index (κ3) is 4.09. The molecule has 0 fully saturated rings. The Bertz CT molecular complexity index is 940. The number of phenolic OH excluding ortho intramolecular Hbond substituents is 1. The first-order chi connectivity index (χ1) is 13.2. The zero-order chi connectivity index (χ0) is 18.6. The number of fused-ring (bicyclic) bond motifs is 1. The standard InChI is InChI=1S/C24H28N2O/c1-18-15-23-22(16-24(18)27)21(17-25-23)9-5-6-12-26-13-10-20(11-14-26)19-7-3-2-4-8-19/h2-4,7-8,10,15-17,25,27H,5-6,9,11-14H2,1H3. The van der Waals surface area contributed by atoms with Gasteiger partial charge in [0, 0.05) is 30.2 Å². The molecule has 0 spiro atoms. The Balaban J connectivity index is 1.27. The van der Waals surface area contributed by atoms with Crippen molar-refractivity contribution in [2.45, 2.75) is 32.6 Å². The zero-order valence-electron chi connectivity index (χ0n) is 16.0. The van der Waals surface area contributed by atoms with E-state index in [2.05, 4.69) is 52.5 Å². The van der Waals surface area contributed by atoms with Gasteiger partial charge in [0.25, 0.3) is 0 Å². The van der Waals surface area contributed by atoms with E-state index in [1.54, 1.807) is 0 Å². The Hall–Kier alpha value is -2.52. The zero-order valence-corrected chi connectivity index (χ0v) is 16.0. The van der Waals surface area contributed by atoms with E-state index in [0.29, 0.717) is 5.75 Å². The first-order valence-electron chi connectivity index (χ1n) is 9.97. The van der Waals surface area contributed by atoms with Gasteiger partial charge >= 0.3 is 0 Å². The van der Waals surface area contributed by atoms with E-state index in [1.807, 2.05) is 19.1 Å². The molecule has 140 valence electrons. The molecule has 0 saturated heterocycles. The number of hydrogen-bond donors (Lipinski definition) is 2. The largest absolute Gasteiger partial charge is 0.508 e. The molecule has 3 nitrogen and oxygen atoms in total. The van der Waals surface area contributed by atoms with Gasteiger partial charge in [-0.1, -0.05) is 36.4 Å². The molecule has 3 heteroatoms. The Morgan fingerprint density at radius 2 is 1.96 bits per heavy atom. The Kier molecular flexibility index (Phi) is 5.30. The lowest BCUT2D eigenvalue weighted by Gasteiger charge is -2.26. The smallest absolute Gasteiger partial charge is 0.119 e. The Labute approximate surface area is 161 Å². The van der Waals surface area contributed by atoms with Crippen LogP contribution in [0.15, 0.2) is 54.7 Å². The summed E-state index contributed by atoms with van der Waals surface area (Å²) in [5.41, 5.74) is 6.21. The van der Waals surface area contributed by atoms with Gasteiger partial charge in [0.2, 0.25) is 0 Å². The van der Waals surface area contributed by atoms with E-state index in [9.17, 15) is 5.11 Å². The highest BCUT2D eigenvalue weighted by Crippen LogP contribution is 2.27. The predicted molar refractivity (Wildman–Crippen MR) is 113 cm³/mol. The molecule has 1 aromatic heterocycles. The Morgan fingerprint density at radius 1 is 1.11 bits per heavy atom. The van der Waals surface area contributed by atoms with E-state index in [1.165, 1.54) is 29.5 Å². The molecule has 0 saturated carbocycles. The van der Waals surface area contributed by atoms with Crippen molar-refractivity contribution in [2.24, 2.45) is 0 Å². The molecule has 0 amide bonds. The number of aromatic hydroxyl groups is 1. The normalized spacial score (nSPS) is 15.2. The van der Waals surface area contributed by atoms with Crippen molar-refractivity contribution >= 4 is 16.5 Å². The molecule has 2 N–H and O–H groups in total. The summed E-state index contributed by atoms with van der Waals surface area (Å²) in [4.78, 5) is 5.89. The fourth-order valence-electron chi connectivity index (χ4n) is 4.01. The van der Waals surface area contributed by atoms with Crippen molar-refractivity contribution in [3.8, 4) is 5.75 Å². The van der Waals surface area contributed by atoms with Crippen LogP contribution >= 0.6 is 0 Å². The highest BCUT2D eigenvalue weighted by molar-refractivity contribution is 5.85. The number of rotatable bonds is 6. The van der Waals surface area contributed by atoms with Gasteiger partial charge in [0.15, 0.2) is 0 Å². The van der Waals surface area contributed by atoms with Crippen molar-refractivity contribution in [2.75, 3.05) is 19.6 Å². The van der Waals surface area contributed by atoms with Crippen LogP contribution in [-0.4, -0.2) is 34.6 Å². The fraction of sp³-hybridized carbons (Fsp3) is 0.333. The molecule has 2 heterocycles. The number of H-pyrrole nitrogens is 1. The number of hydrogen-bond acceptors (Lipinski definition) is 2. The van der Waals surface area contributed by atoms with Crippen LogP contribution < -0.4 is 0 Å². The van der Waals surface area contributed by atoms with Crippen LogP contribution in [0.25, 0.3) is 16.5 Å². The maximum absolute atomic E-state index is 9.98. The topological polar surface area (TPSA) is 39.3 Å². The highest BCUT2D eigenvalue weighted by Gasteiger charge is 2.12. The number of aromatic amines is 1. The van der Waals surface area contributed by atoms with Crippen molar-refractivity contribution in [1.29, 1.82) is 0 Å². The molecule has 3 aromatic rings. The maximum Gasteiger partial charge on any atom is 0.119 e. The second-order valence-corrected chi connectivity index (χ2v) is 7.60. The minimum absolute atomic E-state index is 0.387. The number of benzene rings is 2. The van der Waals surface area contributed by atoms with E-state index in [0.717, 1.165) is 48.9 Å². The first kappa shape index (κ1) is 17.9. The van der Waals surface area contributed by atoms with Crippen LogP contribution in [0.3, 0.4) is 0 Å². The lowest BCUT2D eigenvalue weighted by molar-refractivity contribution is 0.295. The molecular formula is C24H28N2O. The van der Waals surface area contributed by atoms with Gasteiger partial charge < -0.3 is 10.1 Å². The van der Waals surface area contributed by atoms with Crippen molar-refractivity contribution in [3.63, 3.8) is 0 Å². The van der Waals surface area contributed by atoms with E-state index in [-0.39, 0.29) is 0 Å². The molecule has 0 unspecified atom stereocenters. The molecule has 0 atom stereocenters. The van der Waals surface area contributed by atoms with Crippen LogP contribution in [0.4, 0.5) is 0 Å². The van der Waals surface area contributed by atoms with Crippen LogP contribution in [0.2, 0.25) is 0 Å². The Morgan fingerprint density at radius 3 is 2.74 bits per heavy atom. The molecule has 4 rings (SSSR count). The summed E-state index contributed by atoms with van der Waals surface area (Å²) < 4.78 is 0. The summed E-state index contributed by atoms with van der Waals surface area (Å²) in [6.07, 6.45) is 9.07. The SMILES string of the molecule is Cc1cc2[nH]cc(CCCCN3CC=C(c4ccccc4)CC3)c2cc1O. The summed E-state index contributed by atoms with van der Waals surface area (Å²) in [7, 11) is 0. The van der Waals surface area contributed by atoms with Crippen LogP contribution in [0.1, 0.15) is 36.0 Å². The third-order valence-corrected chi connectivity index (χ3v) is 5.69. The van der Waals surface area contributed by atoms with Gasteiger partial charge in [-0.25, -0.2) is 0 Å². The number of aromatic nitrogens is 1. The molecule has 27 heavy (non-hydrogen) atoms. The summed E-state index contributed by atoms with van der Waals surface area (Å²) in [5.74, 6) is 0.387. The van der Waals surface area contributed by atoms with Gasteiger partial charge in [-0.2, -0.15) is 0 Å². The van der Waals surface area contributed by atoms with E-state index < -0.39 is 0 Å². The van der Waals surface area contributed by atoms with Gasteiger partial charge in [-0.15, -0.1) is 0 Å². The van der Waals surface area contributed by atoms with E-state index in [4.69, 9.17) is 0 Å². The second kappa shape index (κ2) is 8.01. The lowest BCUT2D eigenvalue weighted by Crippen LogP contribution is -2.29. The monoisotopic (exact) mass is 360 g/mol. The minimum Gasteiger partial charge on any atom is -0.508 e. The number of unbranched alkanes of at least 4 members (excludes halogenated alkanes) is 1. The summed E-state index contributed by atoms with van der Waals surface area (Å²) in [6, 6.07) is 14.7. The number of aryl methyl sites for hydroxylation is 2. The number of phenols is 1. The quantitative estimate of drug-likeness (QED) is 0.586. The average Bonchev–Trinajstić information content (AvgIpc) is 3.08. The number of nitrogens with one attached hydrogen (secondary N) is 1. The van der Waals surface area contributed by atoms with Crippen LogP contribution in [-0.2, 0) is 6.42 Å². The van der Waals surface area contributed by atoms with Crippen LogP contribution in [0, 0.1) is 6.92 Å². The average molecular weight is 361 g/mol. The first-order valence-corrected chi connectivity index (χ1v) is 9.97. The second-order valence-electron chi connectivity index (χ2n) is 7.60. The van der Waals surface area contributed by atoms with Crippen molar-refractivity contribution in [3.05, 3.63) is 71.4 Å². The van der Waals surface area contributed by atoms with Gasteiger partial charge in [0.05, 0.1) is 0 Å². The molecule has 1 aliphatic rings. The van der Waals surface area contributed by atoms with Gasteiger partial charge in [-0.05, 0) is 73.5 Å².